The van der Waals surface area contributed by atoms with Gasteiger partial charge in [-0.25, -0.2) is 9.97 Å². The summed E-state index contributed by atoms with van der Waals surface area (Å²) in [6, 6.07) is 7.13. The predicted octanol–water partition coefficient (Wildman–Crippen LogP) is 2.55. The van der Waals surface area contributed by atoms with Crippen molar-refractivity contribution < 1.29 is 9.90 Å². The molecule has 0 saturated heterocycles. The zero-order chi connectivity index (χ0) is 23.5. The molecule has 0 spiro atoms. The number of aliphatic hydroxyl groups is 1. The largest absolute Gasteiger partial charge is 0.396 e. The first-order chi connectivity index (χ1) is 15.9. The summed E-state index contributed by atoms with van der Waals surface area (Å²) in [4.78, 5) is 26.1. The van der Waals surface area contributed by atoms with Crippen LogP contribution in [0.25, 0.3) is 17.1 Å². The fourth-order valence-electron chi connectivity index (χ4n) is 3.22. The molecule has 0 radical (unpaired) electrons. The third kappa shape index (κ3) is 4.62. The number of nitrogens with one attached hydrogen (secondary N) is 1. The first-order valence-electron chi connectivity index (χ1n) is 10.6. The maximum absolute atomic E-state index is 12.9. The maximum Gasteiger partial charge on any atom is 0.275 e. The van der Waals surface area contributed by atoms with Gasteiger partial charge in [0.05, 0.1) is 18.6 Å². The molecule has 11 heteroatoms. The number of aromatic nitrogens is 8. The molecular formula is C22H25N9O2. The molecule has 170 valence electrons. The highest BCUT2D eigenvalue weighted by atomic mass is 16.3. The van der Waals surface area contributed by atoms with Crippen molar-refractivity contribution in [2.75, 3.05) is 11.9 Å². The monoisotopic (exact) mass is 447 g/mol. The van der Waals surface area contributed by atoms with Gasteiger partial charge in [-0.2, -0.15) is 4.68 Å². The van der Waals surface area contributed by atoms with Crippen molar-refractivity contribution in [3.8, 4) is 17.1 Å². The van der Waals surface area contributed by atoms with E-state index in [0.717, 1.165) is 16.8 Å². The molecular weight excluding hydrogens is 422 g/mol. The predicted molar refractivity (Wildman–Crippen MR) is 121 cm³/mol. The Labute approximate surface area is 190 Å². The summed E-state index contributed by atoms with van der Waals surface area (Å²) in [7, 11) is 0. The Morgan fingerprint density at radius 1 is 1.21 bits per heavy atom. The molecule has 1 unspecified atom stereocenters. The third-order valence-corrected chi connectivity index (χ3v) is 5.21. The fraction of sp³-hybridized carbons (Fsp3) is 0.318. The normalized spacial score (nSPS) is 12.2. The second-order valence-electron chi connectivity index (χ2n) is 8.05. The number of hydrogen-bond donors (Lipinski definition) is 2. The fourth-order valence-corrected chi connectivity index (χ4v) is 3.22. The highest BCUT2D eigenvalue weighted by Gasteiger charge is 2.17. The molecule has 11 nitrogen and oxygen atoms in total. The van der Waals surface area contributed by atoms with E-state index < -0.39 is 5.91 Å². The molecule has 2 N–H and O–H groups in total. The summed E-state index contributed by atoms with van der Waals surface area (Å²) in [5.41, 5.74) is 2.79. The number of nitrogens with zero attached hydrogens (tertiary/aromatic N) is 8. The zero-order valence-corrected chi connectivity index (χ0v) is 18.8. The molecule has 33 heavy (non-hydrogen) atoms. The summed E-state index contributed by atoms with van der Waals surface area (Å²) in [6.45, 7) is 7.79. The lowest BCUT2D eigenvalue weighted by Gasteiger charge is -2.10. The van der Waals surface area contributed by atoms with Crippen molar-refractivity contribution in [2.24, 2.45) is 0 Å². The number of hydrogen-bond acceptors (Lipinski definition) is 8. The van der Waals surface area contributed by atoms with Crippen molar-refractivity contribution >= 4 is 11.7 Å². The first kappa shape index (κ1) is 22.2. The van der Waals surface area contributed by atoms with Gasteiger partial charge in [-0.3, -0.25) is 9.78 Å². The Morgan fingerprint density at radius 2 is 2.03 bits per heavy atom. The van der Waals surface area contributed by atoms with Crippen molar-refractivity contribution in [1.82, 2.24) is 39.7 Å². The van der Waals surface area contributed by atoms with Crippen LogP contribution in [0.2, 0.25) is 0 Å². The van der Waals surface area contributed by atoms with Gasteiger partial charge in [-0.15, -0.1) is 5.10 Å². The average Bonchev–Trinajstić information content (AvgIpc) is 3.49. The zero-order valence-electron chi connectivity index (χ0n) is 18.8. The Hall–Kier alpha value is -3.99. The number of tetrazole rings is 1. The van der Waals surface area contributed by atoms with E-state index in [-0.39, 0.29) is 24.3 Å². The van der Waals surface area contributed by atoms with E-state index in [9.17, 15) is 9.90 Å². The minimum Gasteiger partial charge on any atom is -0.396 e. The van der Waals surface area contributed by atoms with E-state index in [0.29, 0.717) is 17.5 Å². The number of aryl methyl sites for hydroxylation is 1. The molecule has 0 aliphatic heterocycles. The van der Waals surface area contributed by atoms with Crippen molar-refractivity contribution in [1.29, 1.82) is 0 Å². The van der Waals surface area contributed by atoms with Crippen molar-refractivity contribution in [3.63, 3.8) is 0 Å². The van der Waals surface area contributed by atoms with Gasteiger partial charge in [0.1, 0.15) is 11.5 Å². The van der Waals surface area contributed by atoms with Crippen LogP contribution in [0.4, 0.5) is 5.82 Å². The van der Waals surface area contributed by atoms with Gasteiger partial charge in [-0.05, 0) is 55.0 Å². The summed E-state index contributed by atoms with van der Waals surface area (Å²) >= 11 is 0. The SMILES string of the molecule is Cc1cnc(C(=O)Nc2cccc(-n3nnnc3C(C)CO)n2)cc1-c1cn(C(C)C)cn1. The Balaban J connectivity index is 1.58. The maximum atomic E-state index is 12.9. The molecule has 4 rings (SSSR count). The molecule has 1 amide bonds. The molecule has 0 saturated carbocycles. The lowest BCUT2D eigenvalue weighted by molar-refractivity contribution is 0.102. The quantitative estimate of drug-likeness (QED) is 0.441. The van der Waals surface area contributed by atoms with Crippen LogP contribution in [0.3, 0.4) is 0 Å². The molecule has 4 aromatic rings. The van der Waals surface area contributed by atoms with E-state index in [1.165, 1.54) is 4.68 Å². The lowest BCUT2D eigenvalue weighted by Crippen LogP contribution is -2.16. The second kappa shape index (κ2) is 9.25. The van der Waals surface area contributed by atoms with E-state index in [2.05, 4.69) is 49.6 Å². The molecule has 0 aromatic carbocycles. The Morgan fingerprint density at radius 3 is 2.76 bits per heavy atom. The standard InChI is InChI=1S/C22H25N9O2/c1-13(2)30-10-18(24-12-30)16-8-17(23-9-14(16)3)22(33)26-19-6-5-7-20(25-19)31-21(15(4)11-32)27-28-29-31/h5-10,12-13,15,32H,11H2,1-4H3,(H,25,26,33). The Bertz CT molecular complexity index is 1280. The molecule has 0 aliphatic carbocycles. The van der Waals surface area contributed by atoms with Crippen molar-refractivity contribution in [2.45, 2.75) is 39.7 Å². The topological polar surface area (TPSA) is 137 Å². The van der Waals surface area contributed by atoms with Gasteiger partial charge in [0.2, 0.25) is 0 Å². The van der Waals surface area contributed by atoms with Crippen LogP contribution >= 0.6 is 0 Å². The molecule has 4 heterocycles. The lowest BCUT2D eigenvalue weighted by atomic mass is 10.1. The van der Waals surface area contributed by atoms with Gasteiger partial charge >= 0.3 is 0 Å². The van der Waals surface area contributed by atoms with E-state index in [1.807, 2.05) is 17.7 Å². The number of imidazole rings is 1. The van der Waals surface area contributed by atoms with E-state index in [1.54, 1.807) is 43.7 Å². The molecule has 4 aromatic heterocycles. The average molecular weight is 448 g/mol. The van der Waals surface area contributed by atoms with Crippen LogP contribution in [0, 0.1) is 6.92 Å². The van der Waals surface area contributed by atoms with Crippen LogP contribution < -0.4 is 5.32 Å². The van der Waals surface area contributed by atoms with Crippen LogP contribution in [-0.2, 0) is 0 Å². The van der Waals surface area contributed by atoms with Crippen LogP contribution in [0.1, 0.15) is 54.6 Å². The summed E-state index contributed by atoms with van der Waals surface area (Å²) in [5, 5.41) is 23.8. The number of amides is 1. The van der Waals surface area contributed by atoms with Gasteiger partial charge in [0.25, 0.3) is 5.91 Å². The molecule has 0 fully saturated rings. The van der Waals surface area contributed by atoms with Crippen LogP contribution in [0.5, 0.6) is 0 Å². The third-order valence-electron chi connectivity index (χ3n) is 5.21. The van der Waals surface area contributed by atoms with E-state index >= 15 is 0 Å². The number of pyridine rings is 2. The highest BCUT2D eigenvalue weighted by molar-refractivity contribution is 6.03. The minimum atomic E-state index is -0.398. The number of anilines is 1. The van der Waals surface area contributed by atoms with Crippen LogP contribution in [0.15, 0.2) is 43.0 Å². The van der Waals surface area contributed by atoms with E-state index in [4.69, 9.17) is 0 Å². The van der Waals surface area contributed by atoms with Gasteiger partial charge in [0, 0.05) is 29.9 Å². The highest BCUT2D eigenvalue weighted by Crippen LogP contribution is 2.23. The Kier molecular flexibility index (Phi) is 6.22. The van der Waals surface area contributed by atoms with Crippen molar-refractivity contribution in [3.05, 3.63) is 60.1 Å². The number of carbonyl (C=O) groups is 1. The van der Waals surface area contributed by atoms with Crippen LogP contribution in [-0.4, -0.2) is 57.3 Å². The molecule has 0 bridgehead atoms. The molecule has 1 atom stereocenters. The van der Waals surface area contributed by atoms with Gasteiger partial charge in [0.15, 0.2) is 11.6 Å². The summed E-state index contributed by atoms with van der Waals surface area (Å²) < 4.78 is 3.44. The summed E-state index contributed by atoms with van der Waals surface area (Å²) in [5.74, 6) is 0.548. The second-order valence-corrected chi connectivity index (χ2v) is 8.05. The number of carbonyl (C=O) groups excluding carboxylic acids is 1. The minimum absolute atomic E-state index is 0.104. The first-order valence-corrected chi connectivity index (χ1v) is 10.6. The molecule has 0 aliphatic rings. The van der Waals surface area contributed by atoms with Gasteiger partial charge < -0.3 is 15.0 Å². The number of rotatable bonds is 7. The van der Waals surface area contributed by atoms with Gasteiger partial charge in [-0.1, -0.05) is 13.0 Å². The number of aliphatic hydroxyl groups excluding tert-OH is 1. The smallest absolute Gasteiger partial charge is 0.275 e. The summed E-state index contributed by atoms with van der Waals surface area (Å²) in [6.07, 6.45) is 5.39.